The van der Waals surface area contributed by atoms with Gasteiger partial charge in [-0.05, 0) is 18.1 Å². The molecular formula is C19H23N3O2. The number of amides is 3. The molecule has 3 N–H and O–H groups in total. The quantitative estimate of drug-likeness (QED) is 0.856. The molecule has 0 spiro atoms. The third-order valence-corrected chi connectivity index (χ3v) is 4.15. The van der Waals surface area contributed by atoms with Crippen LogP contribution in [0.25, 0.3) is 0 Å². The van der Waals surface area contributed by atoms with Crippen molar-refractivity contribution in [2.75, 3.05) is 7.05 Å². The van der Waals surface area contributed by atoms with Crippen LogP contribution >= 0.6 is 0 Å². The smallest absolute Gasteiger partial charge is 0.312 e. The van der Waals surface area contributed by atoms with E-state index in [1.54, 1.807) is 11.9 Å². The highest BCUT2D eigenvalue weighted by Gasteiger charge is 2.22. The van der Waals surface area contributed by atoms with Crippen molar-refractivity contribution in [3.05, 3.63) is 71.8 Å². The number of primary amides is 1. The van der Waals surface area contributed by atoms with Crippen LogP contribution < -0.4 is 11.1 Å². The number of carbonyl (C=O) groups excluding carboxylic acids is 2. The molecule has 126 valence electrons. The van der Waals surface area contributed by atoms with Gasteiger partial charge in [-0.1, -0.05) is 60.7 Å². The lowest BCUT2D eigenvalue weighted by atomic mass is 10.0. The first kappa shape index (κ1) is 17.5. The molecule has 0 aliphatic carbocycles. The SMILES string of the molecule is C[C@H](c1ccccc1)N(C)C(=O)C[C@H](NC(N)=O)c1ccccc1. The molecule has 24 heavy (non-hydrogen) atoms. The topological polar surface area (TPSA) is 75.4 Å². The van der Waals surface area contributed by atoms with E-state index in [9.17, 15) is 9.59 Å². The van der Waals surface area contributed by atoms with Crippen LogP contribution in [0.15, 0.2) is 60.7 Å². The minimum atomic E-state index is -0.643. The van der Waals surface area contributed by atoms with Crippen LogP contribution in [-0.2, 0) is 4.79 Å². The maximum absolute atomic E-state index is 12.7. The van der Waals surface area contributed by atoms with E-state index in [2.05, 4.69) is 5.32 Å². The number of carbonyl (C=O) groups is 2. The van der Waals surface area contributed by atoms with Crippen molar-refractivity contribution in [2.45, 2.75) is 25.4 Å². The monoisotopic (exact) mass is 325 g/mol. The molecule has 0 aliphatic heterocycles. The molecule has 2 rings (SSSR count). The summed E-state index contributed by atoms with van der Waals surface area (Å²) in [6, 6.07) is 18.0. The Kier molecular flexibility index (Phi) is 5.95. The summed E-state index contributed by atoms with van der Waals surface area (Å²) in [6.07, 6.45) is 0.153. The van der Waals surface area contributed by atoms with Crippen molar-refractivity contribution < 1.29 is 9.59 Å². The second-order valence-corrected chi connectivity index (χ2v) is 5.77. The Morgan fingerprint density at radius 2 is 1.50 bits per heavy atom. The molecule has 0 bridgehead atoms. The third kappa shape index (κ3) is 4.59. The molecule has 2 aromatic rings. The molecule has 0 aliphatic rings. The summed E-state index contributed by atoms with van der Waals surface area (Å²) >= 11 is 0. The molecule has 5 heteroatoms. The summed E-state index contributed by atoms with van der Waals surface area (Å²) in [5.41, 5.74) is 7.17. The molecule has 0 heterocycles. The predicted octanol–water partition coefficient (Wildman–Crippen LogP) is 3.01. The van der Waals surface area contributed by atoms with Crippen LogP contribution in [0.3, 0.4) is 0 Å². The van der Waals surface area contributed by atoms with Gasteiger partial charge in [0.05, 0.1) is 18.5 Å². The number of nitrogens with zero attached hydrogens (tertiary/aromatic N) is 1. The minimum absolute atomic E-state index is 0.0521. The van der Waals surface area contributed by atoms with Crippen molar-refractivity contribution in [1.29, 1.82) is 0 Å². The summed E-state index contributed by atoms with van der Waals surface area (Å²) in [5.74, 6) is -0.0612. The fourth-order valence-electron chi connectivity index (χ4n) is 2.60. The third-order valence-electron chi connectivity index (χ3n) is 4.15. The van der Waals surface area contributed by atoms with E-state index in [4.69, 9.17) is 5.73 Å². The molecule has 3 amide bonds. The van der Waals surface area contributed by atoms with Gasteiger partial charge in [-0.2, -0.15) is 0 Å². The van der Waals surface area contributed by atoms with Gasteiger partial charge in [0.25, 0.3) is 0 Å². The fourth-order valence-corrected chi connectivity index (χ4v) is 2.60. The van der Waals surface area contributed by atoms with Gasteiger partial charge >= 0.3 is 6.03 Å². The molecule has 5 nitrogen and oxygen atoms in total. The number of nitrogens with one attached hydrogen (secondary N) is 1. The molecular weight excluding hydrogens is 302 g/mol. The molecule has 2 aromatic carbocycles. The summed E-state index contributed by atoms with van der Waals surface area (Å²) in [6.45, 7) is 1.98. The number of hydrogen-bond acceptors (Lipinski definition) is 2. The summed E-state index contributed by atoms with van der Waals surface area (Å²) in [7, 11) is 1.77. The van der Waals surface area contributed by atoms with E-state index in [1.165, 1.54) is 0 Å². The zero-order valence-corrected chi connectivity index (χ0v) is 14.0. The van der Waals surface area contributed by atoms with E-state index in [1.807, 2.05) is 67.6 Å². The summed E-state index contributed by atoms with van der Waals surface area (Å²) in [4.78, 5) is 25.6. The summed E-state index contributed by atoms with van der Waals surface area (Å²) < 4.78 is 0. The number of nitrogens with two attached hydrogens (primary N) is 1. The average molecular weight is 325 g/mol. The largest absolute Gasteiger partial charge is 0.352 e. The molecule has 0 saturated heterocycles. The number of urea groups is 1. The van der Waals surface area contributed by atoms with Gasteiger partial charge in [-0.15, -0.1) is 0 Å². The zero-order chi connectivity index (χ0) is 17.5. The average Bonchev–Trinajstić information content (AvgIpc) is 2.61. The highest BCUT2D eigenvalue weighted by molar-refractivity contribution is 5.79. The van der Waals surface area contributed by atoms with Gasteiger partial charge in [0.15, 0.2) is 0 Å². The van der Waals surface area contributed by atoms with E-state index in [-0.39, 0.29) is 18.4 Å². The Morgan fingerprint density at radius 3 is 2.00 bits per heavy atom. The standard InChI is InChI=1S/C19H23N3O2/c1-14(15-9-5-3-6-10-15)22(2)18(23)13-17(21-19(20)24)16-11-7-4-8-12-16/h3-12,14,17H,13H2,1-2H3,(H3,20,21,24)/t14-,17+/m1/s1. The van der Waals surface area contributed by atoms with Gasteiger partial charge in [0, 0.05) is 7.05 Å². The van der Waals surface area contributed by atoms with Crippen LogP contribution in [0, 0.1) is 0 Å². The molecule has 0 aromatic heterocycles. The van der Waals surface area contributed by atoms with Crippen molar-refractivity contribution >= 4 is 11.9 Å². The number of rotatable bonds is 6. The lowest BCUT2D eigenvalue weighted by molar-refractivity contribution is -0.132. The Hall–Kier alpha value is -2.82. The zero-order valence-electron chi connectivity index (χ0n) is 14.0. The van der Waals surface area contributed by atoms with Crippen molar-refractivity contribution in [1.82, 2.24) is 10.2 Å². The second kappa shape index (κ2) is 8.15. The second-order valence-electron chi connectivity index (χ2n) is 5.77. The highest BCUT2D eigenvalue weighted by atomic mass is 16.2. The molecule has 0 saturated carbocycles. The Labute approximate surface area is 142 Å². The van der Waals surface area contributed by atoms with E-state index >= 15 is 0 Å². The van der Waals surface area contributed by atoms with Crippen LogP contribution in [0.2, 0.25) is 0 Å². The van der Waals surface area contributed by atoms with E-state index in [0.29, 0.717) is 0 Å². The Morgan fingerprint density at radius 1 is 1.00 bits per heavy atom. The predicted molar refractivity (Wildman–Crippen MR) is 94.1 cm³/mol. The molecule has 0 unspecified atom stereocenters. The first-order valence-electron chi connectivity index (χ1n) is 7.90. The van der Waals surface area contributed by atoms with Gasteiger partial charge in [0.1, 0.15) is 0 Å². The maximum Gasteiger partial charge on any atom is 0.312 e. The van der Waals surface area contributed by atoms with Crippen molar-refractivity contribution in [2.24, 2.45) is 5.73 Å². The normalized spacial score (nSPS) is 12.9. The molecule has 2 atom stereocenters. The molecule has 0 radical (unpaired) electrons. The lowest BCUT2D eigenvalue weighted by Gasteiger charge is -2.27. The van der Waals surface area contributed by atoms with E-state index < -0.39 is 12.1 Å². The summed E-state index contributed by atoms with van der Waals surface area (Å²) in [5, 5.41) is 2.65. The van der Waals surface area contributed by atoms with E-state index in [0.717, 1.165) is 11.1 Å². The number of hydrogen-bond donors (Lipinski definition) is 2. The Balaban J connectivity index is 2.10. The van der Waals surface area contributed by atoms with Gasteiger partial charge in [-0.3, -0.25) is 4.79 Å². The molecule has 0 fully saturated rings. The van der Waals surface area contributed by atoms with Crippen LogP contribution in [0.5, 0.6) is 0 Å². The maximum atomic E-state index is 12.7. The lowest BCUT2D eigenvalue weighted by Crippen LogP contribution is -2.37. The highest BCUT2D eigenvalue weighted by Crippen LogP contribution is 2.22. The minimum Gasteiger partial charge on any atom is -0.352 e. The number of benzene rings is 2. The van der Waals surface area contributed by atoms with Gasteiger partial charge in [-0.25, -0.2) is 4.79 Å². The van der Waals surface area contributed by atoms with Gasteiger partial charge < -0.3 is 16.0 Å². The van der Waals surface area contributed by atoms with Crippen molar-refractivity contribution in [3.63, 3.8) is 0 Å². The first-order chi connectivity index (χ1) is 11.5. The van der Waals surface area contributed by atoms with Crippen LogP contribution in [-0.4, -0.2) is 23.9 Å². The van der Waals surface area contributed by atoms with Crippen LogP contribution in [0.1, 0.15) is 36.6 Å². The van der Waals surface area contributed by atoms with Gasteiger partial charge in [0.2, 0.25) is 5.91 Å². The van der Waals surface area contributed by atoms with Crippen LogP contribution in [0.4, 0.5) is 4.79 Å². The van der Waals surface area contributed by atoms with Crippen molar-refractivity contribution in [3.8, 4) is 0 Å². The fraction of sp³-hybridized carbons (Fsp3) is 0.263. The Bertz CT molecular complexity index is 674. The first-order valence-corrected chi connectivity index (χ1v) is 7.90.